The maximum absolute atomic E-state index is 11.7. The molecule has 7 heteroatoms. The molecule has 0 aromatic rings. The molecule has 16 heavy (non-hydrogen) atoms. The lowest BCUT2D eigenvalue weighted by Gasteiger charge is -2.15. The average Bonchev–Trinajstić information content (AvgIpc) is 1.98. The Morgan fingerprint density at radius 1 is 1.44 bits per heavy atom. The predicted molar refractivity (Wildman–Crippen MR) is 50.8 cm³/mol. The van der Waals surface area contributed by atoms with Gasteiger partial charge in [0.05, 0.1) is 6.10 Å². The van der Waals surface area contributed by atoms with Gasteiger partial charge in [-0.15, -0.1) is 0 Å². The summed E-state index contributed by atoms with van der Waals surface area (Å²) in [5, 5.41) is 11.4. The van der Waals surface area contributed by atoms with E-state index in [4.69, 9.17) is 5.11 Å². The van der Waals surface area contributed by atoms with Crippen LogP contribution in [-0.4, -0.2) is 42.5 Å². The van der Waals surface area contributed by atoms with Crippen molar-refractivity contribution in [1.82, 2.24) is 5.32 Å². The van der Waals surface area contributed by atoms with Crippen molar-refractivity contribution in [3.8, 4) is 0 Å². The fourth-order valence-corrected chi connectivity index (χ4v) is 1.15. The van der Waals surface area contributed by atoms with Crippen molar-refractivity contribution >= 4 is 5.91 Å². The zero-order valence-electron chi connectivity index (χ0n) is 9.17. The van der Waals surface area contributed by atoms with E-state index in [-0.39, 0.29) is 6.04 Å². The van der Waals surface area contributed by atoms with Gasteiger partial charge in [0.1, 0.15) is 13.2 Å². The van der Waals surface area contributed by atoms with Gasteiger partial charge in [0, 0.05) is 6.04 Å². The third-order valence-electron chi connectivity index (χ3n) is 1.60. The Labute approximate surface area is 91.8 Å². The van der Waals surface area contributed by atoms with Crippen molar-refractivity contribution in [2.75, 3.05) is 13.2 Å². The number of nitrogens with one attached hydrogen (secondary N) is 1. The van der Waals surface area contributed by atoms with Crippen LogP contribution in [0.4, 0.5) is 13.2 Å². The van der Waals surface area contributed by atoms with E-state index in [1.807, 2.05) is 0 Å². The summed E-state index contributed by atoms with van der Waals surface area (Å²) in [5.41, 5.74) is 0. The molecule has 0 bridgehead atoms. The van der Waals surface area contributed by atoms with E-state index in [0.29, 0.717) is 6.42 Å². The van der Waals surface area contributed by atoms with Crippen molar-refractivity contribution < 1.29 is 27.8 Å². The molecule has 0 aromatic heterocycles. The Kier molecular flexibility index (Phi) is 6.35. The second-order valence-electron chi connectivity index (χ2n) is 3.66. The normalized spacial score (nSPS) is 15.6. The van der Waals surface area contributed by atoms with E-state index in [1.54, 1.807) is 13.8 Å². The maximum atomic E-state index is 11.7. The van der Waals surface area contributed by atoms with Crippen molar-refractivity contribution in [2.24, 2.45) is 0 Å². The molecule has 0 heterocycles. The predicted octanol–water partition coefficient (Wildman–Crippen LogP) is 0.841. The van der Waals surface area contributed by atoms with Gasteiger partial charge in [-0.05, 0) is 20.3 Å². The van der Waals surface area contributed by atoms with Crippen LogP contribution in [0.2, 0.25) is 0 Å². The van der Waals surface area contributed by atoms with E-state index in [0.717, 1.165) is 0 Å². The number of carbonyl (C=O) groups excluding carboxylic acids is 1. The molecule has 0 saturated carbocycles. The number of aliphatic hydroxyl groups is 1. The minimum Gasteiger partial charge on any atom is -0.393 e. The van der Waals surface area contributed by atoms with Crippen LogP contribution < -0.4 is 5.32 Å². The number of amides is 1. The van der Waals surface area contributed by atoms with Crippen molar-refractivity contribution in [3.05, 3.63) is 0 Å². The van der Waals surface area contributed by atoms with Crippen LogP contribution in [0.15, 0.2) is 0 Å². The lowest BCUT2D eigenvalue weighted by atomic mass is 10.1. The van der Waals surface area contributed by atoms with E-state index >= 15 is 0 Å². The van der Waals surface area contributed by atoms with E-state index in [9.17, 15) is 18.0 Å². The third kappa shape index (κ3) is 9.72. The minimum atomic E-state index is -4.43. The molecule has 2 atom stereocenters. The maximum Gasteiger partial charge on any atom is 0.411 e. The summed E-state index contributed by atoms with van der Waals surface area (Å²) < 4.78 is 39.1. The van der Waals surface area contributed by atoms with Gasteiger partial charge in [-0.2, -0.15) is 13.2 Å². The van der Waals surface area contributed by atoms with Crippen LogP contribution in [0.1, 0.15) is 20.3 Å². The largest absolute Gasteiger partial charge is 0.411 e. The summed E-state index contributed by atoms with van der Waals surface area (Å²) in [6, 6.07) is -0.304. The van der Waals surface area contributed by atoms with Gasteiger partial charge in [-0.3, -0.25) is 4.79 Å². The molecule has 0 aromatic carbocycles. The number of hydrogen-bond donors (Lipinski definition) is 2. The number of halogens is 3. The fraction of sp³-hybridized carbons (Fsp3) is 0.889. The Balaban J connectivity index is 3.66. The van der Waals surface area contributed by atoms with Gasteiger partial charge in [-0.1, -0.05) is 0 Å². The first-order valence-electron chi connectivity index (χ1n) is 4.82. The first-order valence-corrected chi connectivity index (χ1v) is 4.82. The van der Waals surface area contributed by atoms with Crippen LogP contribution >= 0.6 is 0 Å². The summed E-state index contributed by atoms with van der Waals surface area (Å²) >= 11 is 0. The number of hydrogen-bond acceptors (Lipinski definition) is 3. The molecule has 2 N–H and O–H groups in total. The number of ether oxygens (including phenoxy) is 1. The van der Waals surface area contributed by atoms with Crippen molar-refractivity contribution in [1.29, 1.82) is 0 Å². The highest BCUT2D eigenvalue weighted by molar-refractivity contribution is 5.77. The van der Waals surface area contributed by atoms with Crippen LogP contribution in [0.25, 0.3) is 0 Å². The van der Waals surface area contributed by atoms with E-state index in [2.05, 4.69) is 10.1 Å². The molecule has 96 valence electrons. The van der Waals surface area contributed by atoms with E-state index in [1.165, 1.54) is 0 Å². The summed E-state index contributed by atoms with van der Waals surface area (Å²) in [6.07, 6.45) is -4.66. The standard InChI is InChI=1S/C9H16F3NO3/c1-6(3-7(2)14)13-8(15)4-16-5-9(10,11)12/h6-7,14H,3-5H2,1-2H3,(H,13,15). The average molecular weight is 243 g/mol. The van der Waals surface area contributed by atoms with Crippen LogP contribution in [0.3, 0.4) is 0 Å². The summed E-state index contributed by atoms with van der Waals surface area (Å²) in [4.78, 5) is 11.0. The second kappa shape index (κ2) is 6.70. The van der Waals surface area contributed by atoms with Crippen LogP contribution in [0.5, 0.6) is 0 Å². The quantitative estimate of drug-likeness (QED) is 0.726. The smallest absolute Gasteiger partial charge is 0.393 e. The molecule has 1 amide bonds. The first-order chi connectivity index (χ1) is 7.20. The van der Waals surface area contributed by atoms with Crippen LogP contribution in [-0.2, 0) is 9.53 Å². The van der Waals surface area contributed by atoms with Crippen molar-refractivity contribution in [2.45, 2.75) is 38.6 Å². The topological polar surface area (TPSA) is 58.6 Å². The summed E-state index contributed by atoms with van der Waals surface area (Å²) in [6.45, 7) is 1.13. The van der Waals surface area contributed by atoms with Gasteiger partial charge in [0.2, 0.25) is 5.91 Å². The molecule has 0 aliphatic carbocycles. The number of aliphatic hydroxyl groups excluding tert-OH is 1. The lowest BCUT2D eigenvalue weighted by Crippen LogP contribution is -2.37. The molecule has 0 spiro atoms. The summed E-state index contributed by atoms with van der Waals surface area (Å²) in [5.74, 6) is -0.627. The van der Waals surface area contributed by atoms with Gasteiger partial charge in [0.25, 0.3) is 0 Å². The molecule has 4 nitrogen and oxygen atoms in total. The number of carbonyl (C=O) groups is 1. The van der Waals surface area contributed by atoms with Gasteiger partial charge >= 0.3 is 6.18 Å². The highest BCUT2D eigenvalue weighted by Gasteiger charge is 2.27. The minimum absolute atomic E-state index is 0.304. The fourth-order valence-electron chi connectivity index (χ4n) is 1.15. The molecule has 0 rings (SSSR count). The third-order valence-corrected chi connectivity index (χ3v) is 1.60. The highest BCUT2D eigenvalue weighted by atomic mass is 19.4. The SMILES string of the molecule is CC(O)CC(C)NC(=O)COCC(F)(F)F. The molecule has 0 aliphatic rings. The zero-order chi connectivity index (χ0) is 12.8. The van der Waals surface area contributed by atoms with E-state index < -0.39 is 31.4 Å². The van der Waals surface area contributed by atoms with Crippen LogP contribution in [0, 0.1) is 0 Å². The van der Waals surface area contributed by atoms with Crippen molar-refractivity contribution in [3.63, 3.8) is 0 Å². The first kappa shape index (κ1) is 15.2. The monoisotopic (exact) mass is 243 g/mol. The second-order valence-corrected chi connectivity index (χ2v) is 3.66. The van der Waals surface area contributed by atoms with Gasteiger partial charge in [-0.25, -0.2) is 0 Å². The zero-order valence-corrected chi connectivity index (χ0v) is 9.17. The Morgan fingerprint density at radius 3 is 2.44 bits per heavy atom. The number of rotatable bonds is 6. The molecule has 2 unspecified atom stereocenters. The molecule has 0 saturated heterocycles. The highest BCUT2D eigenvalue weighted by Crippen LogP contribution is 2.14. The molecule has 0 fully saturated rings. The number of alkyl halides is 3. The van der Waals surface area contributed by atoms with Gasteiger partial charge in [0.15, 0.2) is 0 Å². The Morgan fingerprint density at radius 2 is 2.00 bits per heavy atom. The molecule has 0 aliphatic heterocycles. The Hall–Kier alpha value is -0.820. The summed E-state index contributed by atoms with van der Waals surface area (Å²) in [7, 11) is 0. The molecule has 0 radical (unpaired) electrons. The Bertz CT molecular complexity index is 219. The molecular formula is C9H16F3NO3. The lowest BCUT2D eigenvalue weighted by molar-refractivity contribution is -0.175. The molecular weight excluding hydrogens is 227 g/mol. The van der Waals surface area contributed by atoms with Gasteiger partial charge < -0.3 is 15.2 Å².